The lowest BCUT2D eigenvalue weighted by Gasteiger charge is -2.21. The molecule has 0 bridgehead atoms. The number of carbonyl (C=O) groups excluding carboxylic acids is 4. The average molecular weight is 524 g/mol. The van der Waals surface area contributed by atoms with Gasteiger partial charge in [0, 0.05) is 17.3 Å². The van der Waals surface area contributed by atoms with Gasteiger partial charge in [0.1, 0.15) is 11.9 Å². The molecule has 0 radical (unpaired) electrons. The molecule has 4 amide bonds. The number of nitrogens with zero attached hydrogens (tertiary/aromatic N) is 2. The zero-order chi connectivity index (χ0) is 26.5. The molecule has 37 heavy (non-hydrogen) atoms. The van der Waals surface area contributed by atoms with Crippen LogP contribution in [0.15, 0.2) is 72.8 Å². The van der Waals surface area contributed by atoms with Crippen LogP contribution < -0.4 is 10.2 Å². The highest BCUT2D eigenvalue weighted by Gasteiger charge is 2.46. The van der Waals surface area contributed by atoms with Gasteiger partial charge in [0.2, 0.25) is 5.91 Å². The minimum absolute atomic E-state index is 0.00870. The molecule has 8 nitrogen and oxygen atoms in total. The first-order valence-corrected chi connectivity index (χ1v) is 11.9. The van der Waals surface area contributed by atoms with E-state index in [4.69, 9.17) is 16.3 Å². The predicted molar refractivity (Wildman–Crippen MR) is 136 cm³/mol. The summed E-state index contributed by atoms with van der Waals surface area (Å²) in [4.78, 5) is 54.0. The topological polar surface area (TPSA) is 96.0 Å². The maximum atomic E-state index is 13.4. The molecule has 0 spiro atoms. The summed E-state index contributed by atoms with van der Waals surface area (Å²) in [5.41, 5.74) is 1.51. The van der Waals surface area contributed by atoms with Crippen LogP contribution in [0, 0.1) is 5.82 Å². The number of imide groups is 1. The fraction of sp³-hybridized carbons (Fsp3) is 0.185. The van der Waals surface area contributed by atoms with Crippen molar-refractivity contribution in [3.8, 4) is 0 Å². The van der Waals surface area contributed by atoms with Gasteiger partial charge in [-0.3, -0.25) is 9.59 Å². The van der Waals surface area contributed by atoms with Crippen LogP contribution >= 0.6 is 11.6 Å². The predicted octanol–water partition coefficient (Wildman–Crippen LogP) is 5.02. The van der Waals surface area contributed by atoms with E-state index in [2.05, 4.69) is 5.32 Å². The minimum atomic E-state index is -1.11. The Balaban J connectivity index is 1.57. The summed E-state index contributed by atoms with van der Waals surface area (Å²) >= 11 is 5.95. The Hall–Kier alpha value is -4.24. The summed E-state index contributed by atoms with van der Waals surface area (Å²) in [6.07, 6.45) is -0.334. The van der Waals surface area contributed by atoms with Gasteiger partial charge in [-0.25, -0.2) is 18.9 Å². The van der Waals surface area contributed by atoms with Crippen LogP contribution in [0.4, 0.5) is 20.6 Å². The number of halogens is 2. The monoisotopic (exact) mass is 523 g/mol. The van der Waals surface area contributed by atoms with E-state index in [-0.39, 0.29) is 25.1 Å². The summed E-state index contributed by atoms with van der Waals surface area (Å²) < 4.78 is 18.4. The largest absolute Gasteiger partial charge is 0.462 e. The maximum Gasteiger partial charge on any atom is 0.338 e. The van der Waals surface area contributed by atoms with Gasteiger partial charge in [-0.15, -0.1) is 0 Å². The smallest absolute Gasteiger partial charge is 0.338 e. The van der Waals surface area contributed by atoms with E-state index in [0.29, 0.717) is 22.0 Å². The highest BCUT2D eigenvalue weighted by molar-refractivity contribution is 6.30. The number of rotatable bonds is 8. The highest BCUT2D eigenvalue weighted by atomic mass is 35.5. The quantitative estimate of drug-likeness (QED) is 0.330. The Kier molecular flexibility index (Phi) is 7.83. The molecular weight excluding hydrogens is 501 g/mol. The summed E-state index contributed by atoms with van der Waals surface area (Å²) in [5.74, 6) is -2.07. The van der Waals surface area contributed by atoms with Crippen LogP contribution in [-0.4, -0.2) is 41.4 Å². The molecule has 1 N–H and O–H groups in total. The summed E-state index contributed by atoms with van der Waals surface area (Å²) in [6, 6.07) is 16.2. The third kappa shape index (κ3) is 5.95. The zero-order valence-corrected chi connectivity index (χ0v) is 20.6. The maximum absolute atomic E-state index is 13.4. The molecule has 1 fully saturated rings. The van der Waals surface area contributed by atoms with Crippen LogP contribution in [0.1, 0.15) is 29.3 Å². The summed E-state index contributed by atoms with van der Waals surface area (Å²) in [7, 11) is 0. The number of esters is 1. The number of carbonyl (C=O) groups is 4. The molecular formula is C27H23ClFN3O5. The van der Waals surface area contributed by atoms with Crippen LogP contribution in [0.5, 0.6) is 0 Å². The van der Waals surface area contributed by atoms with Crippen molar-refractivity contribution in [3.63, 3.8) is 0 Å². The number of urea groups is 1. The average Bonchev–Trinajstić information content (AvgIpc) is 3.10. The Morgan fingerprint density at radius 2 is 1.73 bits per heavy atom. The molecule has 190 valence electrons. The lowest BCUT2D eigenvalue weighted by molar-refractivity contribution is -0.124. The fourth-order valence-corrected chi connectivity index (χ4v) is 4.08. The molecule has 1 aliphatic rings. The number of ether oxygens (including phenoxy) is 1. The van der Waals surface area contributed by atoms with E-state index in [9.17, 15) is 23.6 Å². The normalized spacial score (nSPS) is 15.2. The van der Waals surface area contributed by atoms with E-state index < -0.39 is 35.7 Å². The van der Waals surface area contributed by atoms with Crippen molar-refractivity contribution in [1.82, 2.24) is 4.90 Å². The molecule has 0 aromatic heterocycles. The standard InChI is InChI=1S/C27H23ClFN3O5/c1-2-37-26(35)18-4-3-5-21(14-18)30-24(33)15-23-25(34)32(22-12-8-19(28)9-13-22)27(36)31(23)16-17-6-10-20(29)11-7-17/h3-14,23H,2,15-16H2,1H3,(H,30,33). The van der Waals surface area contributed by atoms with Crippen molar-refractivity contribution in [1.29, 1.82) is 0 Å². The van der Waals surface area contributed by atoms with Gasteiger partial charge < -0.3 is 15.0 Å². The first-order chi connectivity index (χ1) is 17.8. The van der Waals surface area contributed by atoms with Gasteiger partial charge in [-0.05, 0) is 67.1 Å². The van der Waals surface area contributed by atoms with E-state index in [1.807, 2.05) is 0 Å². The molecule has 0 saturated carbocycles. The van der Waals surface area contributed by atoms with Gasteiger partial charge in [-0.2, -0.15) is 0 Å². The van der Waals surface area contributed by atoms with E-state index >= 15 is 0 Å². The highest BCUT2D eigenvalue weighted by Crippen LogP contribution is 2.29. The number of hydrogen-bond acceptors (Lipinski definition) is 5. The van der Waals surface area contributed by atoms with Crippen LogP contribution in [0.3, 0.4) is 0 Å². The third-order valence-electron chi connectivity index (χ3n) is 5.71. The zero-order valence-electron chi connectivity index (χ0n) is 19.8. The number of hydrogen-bond donors (Lipinski definition) is 1. The first-order valence-electron chi connectivity index (χ1n) is 11.5. The summed E-state index contributed by atoms with van der Waals surface area (Å²) in [5, 5.41) is 3.11. The van der Waals surface area contributed by atoms with Gasteiger partial charge in [0.05, 0.1) is 24.3 Å². The Labute approximate surface area is 217 Å². The third-order valence-corrected chi connectivity index (χ3v) is 5.96. The molecule has 10 heteroatoms. The molecule has 3 aromatic carbocycles. The van der Waals surface area contributed by atoms with Crippen molar-refractivity contribution in [2.75, 3.05) is 16.8 Å². The lowest BCUT2D eigenvalue weighted by atomic mass is 10.1. The number of benzene rings is 3. The van der Waals surface area contributed by atoms with E-state index in [1.165, 1.54) is 47.4 Å². The number of amides is 4. The van der Waals surface area contributed by atoms with Crippen molar-refractivity contribution < 1.29 is 28.3 Å². The van der Waals surface area contributed by atoms with Crippen LogP contribution in [-0.2, 0) is 20.9 Å². The molecule has 1 atom stereocenters. The Bertz CT molecular complexity index is 1330. The van der Waals surface area contributed by atoms with Crippen LogP contribution in [0.2, 0.25) is 5.02 Å². The molecule has 3 aromatic rings. The first kappa shape index (κ1) is 25.8. The molecule has 1 unspecified atom stereocenters. The van der Waals surface area contributed by atoms with Gasteiger partial charge in [0.25, 0.3) is 5.91 Å². The molecule has 1 saturated heterocycles. The van der Waals surface area contributed by atoms with Gasteiger partial charge >= 0.3 is 12.0 Å². The second kappa shape index (κ2) is 11.2. The number of nitrogens with one attached hydrogen (secondary N) is 1. The minimum Gasteiger partial charge on any atom is -0.462 e. The van der Waals surface area contributed by atoms with Crippen molar-refractivity contribution in [2.45, 2.75) is 25.9 Å². The SMILES string of the molecule is CCOC(=O)c1cccc(NC(=O)CC2C(=O)N(c3ccc(Cl)cc3)C(=O)N2Cc2ccc(F)cc2)c1. The fourth-order valence-electron chi connectivity index (χ4n) is 3.95. The van der Waals surface area contributed by atoms with E-state index in [0.717, 1.165) is 4.90 Å². The second-order valence-corrected chi connectivity index (χ2v) is 8.69. The molecule has 1 heterocycles. The van der Waals surface area contributed by atoms with Gasteiger partial charge in [-0.1, -0.05) is 29.8 Å². The van der Waals surface area contributed by atoms with Crippen molar-refractivity contribution >= 4 is 46.8 Å². The van der Waals surface area contributed by atoms with E-state index in [1.54, 1.807) is 37.3 Å². The number of anilines is 2. The molecule has 1 aliphatic heterocycles. The van der Waals surface area contributed by atoms with Crippen LogP contribution in [0.25, 0.3) is 0 Å². The summed E-state index contributed by atoms with van der Waals surface area (Å²) in [6.45, 7) is 1.89. The van der Waals surface area contributed by atoms with Crippen molar-refractivity contribution in [2.24, 2.45) is 0 Å². The second-order valence-electron chi connectivity index (χ2n) is 8.26. The Morgan fingerprint density at radius 1 is 1.03 bits per heavy atom. The molecule has 0 aliphatic carbocycles. The molecule has 4 rings (SSSR count). The van der Waals surface area contributed by atoms with Gasteiger partial charge in [0.15, 0.2) is 0 Å². The Morgan fingerprint density at radius 3 is 2.41 bits per heavy atom. The van der Waals surface area contributed by atoms with Crippen molar-refractivity contribution in [3.05, 3.63) is 94.8 Å². The lowest BCUT2D eigenvalue weighted by Crippen LogP contribution is -2.37.